The van der Waals surface area contributed by atoms with Gasteiger partial charge in [-0.1, -0.05) is 53.5 Å². The molecule has 0 fully saturated rings. The molecule has 0 aliphatic rings. The van der Waals surface area contributed by atoms with E-state index in [1.807, 2.05) is 6.07 Å². The van der Waals surface area contributed by atoms with Crippen molar-refractivity contribution >= 4 is 33.2 Å². The second-order valence-electron chi connectivity index (χ2n) is 4.74. The van der Waals surface area contributed by atoms with Gasteiger partial charge in [0.1, 0.15) is 0 Å². The molecule has 0 radical (unpaired) electrons. The highest BCUT2D eigenvalue weighted by Gasteiger charge is 2.23. The molecule has 2 rings (SSSR count). The van der Waals surface area contributed by atoms with Crippen LogP contribution in [0.15, 0.2) is 47.4 Å². The number of hydrogen-bond acceptors (Lipinski definition) is 2. The first-order valence-corrected chi connectivity index (χ1v) is 8.48. The van der Waals surface area contributed by atoms with Gasteiger partial charge in [0.2, 0.25) is 10.0 Å². The van der Waals surface area contributed by atoms with Crippen molar-refractivity contribution in [3.8, 4) is 0 Å². The van der Waals surface area contributed by atoms with Crippen molar-refractivity contribution in [3.05, 3.63) is 63.6 Å². The van der Waals surface area contributed by atoms with E-state index in [0.29, 0.717) is 26.1 Å². The van der Waals surface area contributed by atoms with Crippen LogP contribution in [-0.4, -0.2) is 19.8 Å². The second kappa shape index (κ2) is 6.36. The molecule has 0 spiro atoms. The average Bonchev–Trinajstić information content (AvgIpc) is 2.44. The predicted octanol–water partition coefficient (Wildman–Crippen LogP) is 4.12. The van der Waals surface area contributed by atoms with Gasteiger partial charge in [0.15, 0.2) is 0 Å². The molecule has 0 unspecified atom stereocenters. The maximum Gasteiger partial charge on any atom is 0.243 e. The molecule has 6 heteroatoms. The van der Waals surface area contributed by atoms with Gasteiger partial charge in [-0.15, -0.1) is 0 Å². The van der Waals surface area contributed by atoms with Crippen molar-refractivity contribution in [2.45, 2.75) is 18.4 Å². The van der Waals surface area contributed by atoms with Gasteiger partial charge in [-0.05, 0) is 30.2 Å². The van der Waals surface area contributed by atoms with E-state index in [2.05, 4.69) is 0 Å². The maximum atomic E-state index is 12.6. The molecule has 0 amide bonds. The van der Waals surface area contributed by atoms with Crippen LogP contribution in [0.5, 0.6) is 0 Å². The minimum Gasteiger partial charge on any atom is -0.207 e. The molecule has 0 saturated carbocycles. The normalized spacial score (nSPS) is 11.9. The van der Waals surface area contributed by atoms with E-state index < -0.39 is 10.0 Å². The van der Waals surface area contributed by atoms with Crippen LogP contribution in [0.25, 0.3) is 0 Å². The van der Waals surface area contributed by atoms with Crippen LogP contribution in [0.4, 0.5) is 0 Å². The molecule has 0 aromatic heterocycles. The molecule has 2 aromatic rings. The standard InChI is InChI=1S/C15H15Cl2NO2S/c1-11-6-3-4-9-14(11)21(19,20)18(2)10-12-7-5-8-13(16)15(12)17/h3-9H,10H2,1-2H3. The van der Waals surface area contributed by atoms with E-state index in [1.54, 1.807) is 43.3 Å². The third-order valence-electron chi connectivity index (χ3n) is 3.21. The average molecular weight is 344 g/mol. The number of nitrogens with zero attached hydrogens (tertiary/aromatic N) is 1. The first-order valence-electron chi connectivity index (χ1n) is 6.29. The van der Waals surface area contributed by atoms with E-state index in [9.17, 15) is 8.42 Å². The fourth-order valence-corrected chi connectivity index (χ4v) is 3.76. The fraction of sp³-hybridized carbons (Fsp3) is 0.200. The number of hydrogen-bond donors (Lipinski definition) is 0. The third kappa shape index (κ3) is 3.40. The van der Waals surface area contributed by atoms with Crippen molar-refractivity contribution in [2.24, 2.45) is 0 Å². The smallest absolute Gasteiger partial charge is 0.207 e. The molecule has 3 nitrogen and oxygen atoms in total. The summed E-state index contributed by atoms with van der Waals surface area (Å²) in [5.41, 5.74) is 1.38. The highest BCUT2D eigenvalue weighted by molar-refractivity contribution is 7.89. The summed E-state index contributed by atoms with van der Waals surface area (Å²) in [6.45, 7) is 1.93. The Hall–Kier alpha value is -1.07. The highest BCUT2D eigenvalue weighted by Crippen LogP contribution is 2.28. The Balaban J connectivity index is 2.34. The first kappa shape index (κ1) is 16.3. The lowest BCUT2D eigenvalue weighted by atomic mass is 10.2. The molecule has 0 heterocycles. The zero-order valence-electron chi connectivity index (χ0n) is 11.7. The Kier molecular flexibility index (Phi) is 4.94. The summed E-state index contributed by atoms with van der Waals surface area (Å²) in [6, 6.07) is 12.1. The fourth-order valence-electron chi connectivity index (χ4n) is 2.01. The number of rotatable bonds is 4. The van der Waals surface area contributed by atoms with Crippen LogP contribution in [-0.2, 0) is 16.6 Å². The monoisotopic (exact) mass is 343 g/mol. The minimum atomic E-state index is -3.57. The van der Waals surface area contributed by atoms with Crippen molar-refractivity contribution in [1.82, 2.24) is 4.31 Å². The van der Waals surface area contributed by atoms with E-state index in [-0.39, 0.29) is 6.54 Å². The van der Waals surface area contributed by atoms with Gasteiger partial charge in [0.05, 0.1) is 14.9 Å². The topological polar surface area (TPSA) is 37.4 Å². The second-order valence-corrected chi connectivity index (χ2v) is 7.54. The summed E-state index contributed by atoms with van der Waals surface area (Å²) in [4.78, 5) is 0.297. The molecule has 112 valence electrons. The molecule has 0 N–H and O–H groups in total. The summed E-state index contributed by atoms with van der Waals surface area (Å²) < 4.78 is 26.5. The van der Waals surface area contributed by atoms with Crippen LogP contribution in [0.1, 0.15) is 11.1 Å². The van der Waals surface area contributed by atoms with Gasteiger partial charge in [0, 0.05) is 13.6 Å². The van der Waals surface area contributed by atoms with Gasteiger partial charge in [-0.2, -0.15) is 4.31 Å². The van der Waals surface area contributed by atoms with Gasteiger partial charge < -0.3 is 0 Å². The molecule has 0 saturated heterocycles. The Labute approximate surface area is 135 Å². The first-order chi connectivity index (χ1) is 9.84. The SMILES string of the molecule is Cc1ccccc1S(=O)(=O)N(C)Cc1cccc(Cl)c1Cl. The summed E-state index contributed by atoms with van der Waals surface area (Å²) >= 11 is 12.1. The Morgan fingerprint density at radius 2 is 1.71 bits per heavy atom. The summed E-state index contributed by atoms with van der Waals surface area (Å²) in [7, 11) is -2.04. The van der Waals surface area contributed by atoms with Crippen molar-refractivity contribution in [2.75, 3.05) is 7.05 Å². The number of aryl methyl sites for hydroxylation is 1. The van der Waals surface area contributed by atoms with Crippen LogP contribution < -0.4 is 0 Å². The van der Waals surface area contributed by atoms with E-state index in [1.165, 1.54) is 11.4 Å². The van der Waals surface area contributed by atoms with E-state index in [4.69, 9.17) is 23.2 Å². The Bertz CT molecular complexity index is 760. The molecule has 0 aliphatic heterocycles. The summed E-state index contributed by atoms with van der Waals surface area (Å²) in [5, 5.41) is 0.793. The lowest BCUT2D eigenvalue weighted by molar-refractivity contribution is 0.466. The molecular weight excluding hydrogens is 329 g/mol. The predicted molar refractivity (Wildman–Crippen MR) is 86.3 cm³/mol. The minimum absolute atomic E-state index is 0.163. The lowest BCUT2D eigenvalue weighted by Gasteiger charge is -2.19. The van der Waals surface area contributed by atoms with Crippen LogP contribution >= 0.6 is 23.2 Å². The Morgan fingerprint density at radius 1 is 1.05 bits per heavy atom. The van der Waals surface area contributed by atoms with Gasteiger partial charge in [-0.3, -0.25) is 0 Å². The van der Waals surface area contributed by atoms with Gasteiger partial charge in [-0.25, -0.2) is 8.42 Å². The van der Waals surface area contributed by atoms with E-state index in [0.717, 1.165) is 0 Å². The van der Waals surface area contributed by atoms with Crippen molar-refractivity contribution in [1.29, 1.82) is 0 Å². The largest absolute Gasteiger partial charge is 0.243 e. The number of benzene rings is 2. The molecule has 2 aromatic carbocycles. The quantitative estimate of drug-likeness (QED) is 0.837. The third-order valence-corrected chi connectivity index (χ3v) is 6.03. The number of sulfonamides is 1. The van der Waals surface area contributed by atoms with Crippen molar-refractivity contribution in [3.63, 3.8) is 0 Å². The molecular formula is C15H15Cl2NO2S. The van der Waals surface area contributed by atoms with E-state index >= 15 is 0 Å². The molecule has 21 heavy (non-hydrogen) atoms. The zero-order valence-corrected chi connectivity index (χ0v) is 14.0. The maximum absolute atomic E-state index is 12.6. The van der Waals surface area contributed by atoms with Crippen LogP contribution in [0, 0.1) is 6.92 Å². The van der Waals surface area contributed by atoms with Gasteiger partial charge >= 0.3 is 0 Å². The summed E-state index contributed by atoms with van der Waals surface area (Å²) in [5.74, 6) is 0. The van der Waals surface area contributed by atoms with Crippen LogP contribution in [0.3, 0.4) is 0 Å². The van der Waals surface area contributed by atoms with Crippen LogP contribution in [0.2, 0.25) is 10.0 Å². The molecule has 0 atom stereocenters. The number of halogens is 2. The van der Waals surface area contributed by atoms with Crippen molar-refractivity contribution < 1.29 is 8.42 Å². The molecule has 0 bridgehead atoms. The lowest BCUT2D eigenvalue weighted by Crippen LogP contribution is -2.27. The zero-order chi connectivity index (χ0) is 15.6. The molecule has 0 aliphatic carbocycles. The summed E-state index contributed by atoms with van der Waals surface area (Å²) in [6.07, 6.45) is 0. The van der Waals surface area contributed by atoms with Gasteiger partial charge in [0.25, 0.3) is 0 Å². The highest BCUT2D eigenvalue weighted by atomic mass is 35.5. The Morgan fingerprint density at radius 3 is 2.38 bits per heavy atom.